The Kier molecular flexibility index (Phi) is 5.36. The van der Waals surface area contributed by atoms with Crippen LogP contribution in [0.1, 0.15) is 11.3 Å². The van der Waals surface area contributed by atoms with Gasteiger partial charge in [-0.2, -0.15) is 4.98 Å². The molecule has 0 spiro atoms. The highest BCUT2D eigenvalue weighted by atomic mass is 35.5. The molecule has 1 amide bonds. The van der Waals surface area contributed by atoms with Crippen LogP contribution in [0.15, 0.2) is 53.9 Å². The van der Waals surface area contributed by atoms with Crippen LogP contribution >= 0.6 is 22.9 Å². The predicted molar refractivity (Wildman–Crippen MR) is 108 cm³/mol. The third-order valence-corrected chi connectivity index (χ3v) is 5.33. The lowest BCUT2D eigenvalue weighted by atomic mass is 10.1. The molecular weight excluding hydrogens is 399 g/mol. The molecular formula is C20H16ClFN4OS. The molecule has 4 aromatic rings. The van der Waals surface area contributed by atoms with E-state index in [1.54, 1.807) is 28.8 Å². The summed E-state index contributed by atoms with van der Waals surface area (Å²) in [6, 6.07) is 13.4. The minimum atomic E-state index is -0.320. The Morgan fingerprint density at radius 3 is 2.82 bits per heavy atom. The van der Waals surface area contributed by atoms with Gasteiger partial charge >= 0.3 is 0 Å². The number of fused-ring (bicyclic) bond motifs is 1. The number of rotatable bonds is 6. The summed E-state index contributed by atoms with van der Waals surface area (Å²) in [4.78, 5) is 17.3. The van der Waals surface area contributed by atoms with Gasteiger partial charge in [-0.15, -0.1) is 16.4 Å². The number of halogens is 2. The Hall–Kier alpha value is -2.77. The molecule has 0 radical (unpaired) electrons. The van der Waals surface area contributed by atoms with Gasteiger partial charge in [-0.25, -0.2) is 8.91 Å². The van der Waals surface area contributed by atoms with Crippen LogP contribution in [0.5, 0.6) is 0 Å². The number of nitrogens with one attached hydrogen (secondary N) is 1. The highest BCUT2D eigenvalue weighted by molar-refractivity contribution is 7.15. The molecule has 28 heavy (non-hydrogen) atoms. The van der Waals surface area contributed by atoms with E-state index in [1.165, 1.54) is 23.5 Å². The number of thiazole rings is 1. The van der Waals surface area contributed by atoms with Gasteiger partial charge in [-0.1, -0.05) is 35.9 Å². The molecule has 0 saturated heterocycles. The molecule has 2 heterocycles. The Bertz CT molecular complexity index is 1120. The van der Waals surface area contributed by atoms with Crippen LogP contribution in [0.25, 0.3) is 16.3 Å². The van der Waals surface area contributed by atoms with E-state index in [0.29, 0.717) is 35.8 Å². The van der Waals surface area contributed by atoms with Crippen molar-refractivity contribution in [1.29, 1.82) is 0 Å². The Morgan fingerprint density at radius 2 is 2.04 bits per heavy atom. The zero-order chi connectivity index (χ0) is 19.5. The molecule has 0 saturated carbocycles. The predicted octanol–water partition coefficient (Wildman–Crippen LogP) is 4.15. The zero-order valence-corrected chi connectivity index (χ0v) is 16.3. The first-order chi connectivity index (χ1) is 13.6. The molecule has 0 atom stereocenters. The van der Waals surface area contributed by atoms with Crippen molar-refractivity contribution in [2.45, 2.75) is 12.8 Å². The van der Waals surface area contributed by atoms with Gasteiger partial charge in [-0.3, -0.25) is 4.79 Å². The molecule has 142 valence electrons. The van der Waals surface area contributed by atoms with Crippen LogP contribution < -0.4 is 5.32 Å². The Morgan fingerprint density at radius 1 is 1.21 bits per heavy atom. The largest absolute Gasteiger partial charge is 0.355 e. The van der Waals surface area contributed by atoms with Crippen molar-refractivity contribution in [1.82, 2.24) is 19.9 Å². The number of benzene rings is 2. The first-order valence-electron chi connectivity index (χ1n) is 8.69. The minimum Gasteiger partial charge on any atom is -0.355 e. The van der Waals surface area contributed by atoms with Crippen LogP contribution in [0, 0.1) is 5.82 Å². The van der Waals surface area contributed by atoms with Crippen molar-refractivity contribution in [2.24, 2.45) is 0 Å². The summed E-state index contributed by atoms with van der Waals surface area (Å²) >= 11 is 7.32. The van der Waals surface area contributed by atoms with Gasteiger partial charge in [0.15, 0.2) is 5.82 Å². The lowest BCUT2D eigenvalue weighted by molar-refractivity contribution is -0.120. The summed E-state index contributed by atoms with van der Waals surface area (Å²) in [7, 11) is 0. The number of hydrogen-bond acceptors (Lipinski definition) is 4. The third-order valence-electron chi connectivity index (χ3n) is 4.21. The average molecular weight is 415 g/mol. The quantitative estimate of drug-likeness (QED) is 0.515. The van der Waals surface area contributed by atoms with Gasteiger partial charge in [0.25, 0.3) is 0 Å². The van der Waals surface area contributed by atoms with Gasteiger partial charge < -0.3 is 5.32 Å². The van der Waals surface area contributed by atoms with Crippen LogP contribution in [0.3, 0.4) is 0 Å². The van der Waals surface area contributed by atoms with Gasteiger partial charge in [0.1, 0.15) is 5.82 Å². The second kappa shape index (κ2) is 8.08. The Labute approximate surface area is 169 Å². The topological polar surface area (TPSA) is 59.3 Å². The van der Waals surface area contributed by atoms with Crippen LogP contribution in [-0.2, 0) is 17.6 Å². The second-order valence-electron chi connectivity index (χ2n) is 6.27. The van der Waals surface area contributed by atoms with Crippen molar-refractivity contribution in [2.75, 3.05) is 6.54 Å². The molecule has 5 nitrogen and oxygen atoms in total. The first kappa shape index (κ1) is 18.6. The number of carbonyl (C=O) groups is 1. The van der Waals surface area contributed by atoms with Gasteiger partial charge in [0.05, 0.1) is 12.1 Å². The van der Waals surface area contributed by atoms with Crippen molar-refractivity contribution in [3.8, 4) is 11.4 Å². The fraction of sp³-hybridized carbons (Fsp3) is 0.150. The maximum atomic E-state index is 13.4. The van der Waals surface area contributed by atoms with Crippen LogP contribution in [0.4, 0.5) is 4.39 Å². The molecule has 0 aliphatic heterocycles. The molecule has 0 aliphatic carbocycles. The monoisotopic (exact) mass is 414 g/mol. The third kappa shape index (κ3) is 4.21. The highest BCUT2D eigenvalue weighted by Gasteiger charge is 2.12. The average Bonchev–Trinajstić information content (AvgIpc) is 3.25. The number of carbonyl (C=O) groups excluding carboxylic acids is 1. The second-order valence-corrected chi connectivity index (χ2v) is 7.54. The van der Waals surface area contributed by atoms with E-state index in [1.807, 2.05) is 17.5 Å². The normalized spacial score (nSPS) is 11.1. The Balaban J connectivity index is 1.38. The van der Waals surface area contributed by atoms with E-state index in [0.717, 1.165) is 16.2 Å². The molecule has 8 heteroatoms. The van der Waals surface area contributed by atoms with Crippen molar-refractivity contribution >= 4 is 33.8 Å². The SMILES string of the molecule is O=C(Cc1ccc(Cl)cc1)NCCc1csc2nc(-c3cccc(F)c3)nn12. The molecule has 2 aromatic carbocycles. The maximum Gasteiger partial charge on any atom is 0.224 e. The molecule has 0 unspecified atom stereocenters. The molecule has 1 N–H and O–H groups in total. The summed E-state index contributed by atoms with van der Waals surface area (Å²) in [5.74, 6) is 0.117. The number of hydrogen-bond donors (Lipinski definition) is 1. The van der Waals surface area contributed by atoms with E-state index in [2.05, 4.69) is 15.4 Å². The standard InChI is InChI=1S/C20H16ClFN4OS/c21-15-6-4-13(5-7-15)10-18(27)23-9-8-17-12-28-20-24-19(25-26(17)20)14-2-1-3-16(22)11-14/h1-7,11-12H,8-10H2,(H,23,27). The van der Waals surface area contributed by atoms with Gasteiger partial charge in [0.2, 0.25) is 10.9 Å². The molecule has 2 aromatic heterocycles. The summed E-state index contributed by atoms with van der Waals surface area (Å²) in [6.45, 7) is 0.493. The summed E-state index contributed by atoms with van der Waals surface area (Å²) in [6.07, 6.45) is 0.932. The van der Waals surface area contributed by atoms with Gasteiger partial charge in [-0.05, 0) is 29.8 Å². The smallest absolute Gasteiger partial charge is 0.224 e. The van der Waals surface area contributed by atoms with Crippen molar-refractivity contribution in [3.05, 3.63) is 76.0 Å². The van der Waals surface area contributed by atoms with E-state index >= 15 is 0 Å². The number of aromatic nitrogens is 3. The van der Waals surface area contributed by atoms with Gasteiger partial charge in [0, 0.05) is 28.9 Å². The maximum absolute atomic E-state index is 13.4. The number of nitrogens with zero attached hydrogens (tertiary/aromatic N) is 3. The molecule has 0 fully saturated rings. The van der Waals surface area contributed by atoms with E-state index in [9.17, 15) is 9.18 Å². The molecule has 0 aliphatic rings. The number of amides is 1. The van der Waals surface area contributed by atoms with E-state index < -0.39 is 0 Å². The van der Waals surface area contributed by atoms with Crippen LogP contribution in [-0.4, -0.2) is 27.0 Å². The van der Waals surface area contributed by atoms with E-state index in [4.69, 9.17) is 11.6 Å². The molecule has 4 rings (SSSR count). The zero-order valence-electron chi connectivity index (χ0n) is 14.7. The highest BCUT2D eigenvalue weighted by Crippen LogP contribution is 2.21. The summed E-state index contributed by atoms with van der Waals surface area (Å²) in [5, 5.41) is 10.0. The fourth-order valence-electron chi connectivity index (χ4n) is 2.83. The lowest BCUT2D eigenvalue weighted by Crippen LogP contribution is -2.27. The first-order valence-corrected chi connectivity index (χ1v) is 9.94. The minimum absolute atomic E-state index is 0.0483. The van der Waals surface area contributed by atoms with E-state index in [-0.39, 0.29) is 11.7 Å². The summed E-state index contributed by atoms with van der Waals surface area (Å²) in [5.41, 5.74) is 2.50. The fourth-order valence-corrected chi connectivity index (χ4v) is 3.81. The van der Waals surface area contributed by atoms with Crippen molar-refractivity contribution < 1.29 is 9.18 Å². The lowest BCUT2D eigenvalue weighted by Gasteiger charge is -2.05. The van der Waals surface area contributed by atoms with Crippen LogP contribution in [0.2, 0.25) is 5.02 Å². The molecule has 0 bridgehead atoms. The summed E-state index contributed by atoms with van der Waals surface area (Å²) < 4.78 is 15.2. The van der Waals surface area contributed by atoms with Crippen molar-refractivity contribution in [3.63, 3.8) is 0 Å².